The zero-order chi connectivity index (χ0) is 21.3. The highest BCUT2D eigenvalue weighted by Gasteiger charge is 2.07. The summed E-state index contributed by atoms with van der Waals surface area (Å²) in [6, 6.07) is 15.3. The van der Waals surface area contributed by atoms with Crippen LogP contribution < -0.4 is 20.9 Å². The number of thiophene rings is 2. The molecule has 0 atom stereocenters. The van der Waals surface area contributed by atoms with Gasteiger partial charge in [-0.25, -0.2) is 5.43 Å². The number of methoxy groups -OCH3 is 1. The third kappa shape index (κ3) is 5.87. The van der Waals surface area contributed by atoms with Crippen LogP contribution in [-0.4, -0.2) is 29.5 Å². The monoisotopic (exact) mass is 449 g/mol. The second-order valence-electron chi connectivity index (χ2n) is 6.10. The average Bonchev–Trinajstić information content (AvgIpc) is 3.49. The second-order valence-corrected chi connectivity index (χ2v) is 7.86. The Morgan fingerprint density at radius 1 is 0.935 bits per heavy atom. The summed E-state index contributed by atoms with van der Waals surface area (Å²) in [6.07, 6.45) is 3.45. The predicted molar refractivity (Wildman–Crippen MR) is 129 cm³/mol. The molecule has 4 aromatic rings. The van der Waals surface area contributed by atoms with Gasteiger partial charge in [-0.2, -0.15) is 31.5 Å². The first-order valence-electron chi connectivity index (χ1n) is 9.23. The molecule has 0 aliphatic heterocycles. The number of nitrogens with zero attached hydrogens (tertiary/aromatic N) is 4. The number of hydrazone groups is 2. The minimum Gasteiger partial charge on any atom is -0.495 e. The fraction of sp³-hybridized carbons (Fsp3) is 0.0476. The predicted octanol–water partition coefficient (Wildman–Crippen LogP) is 5.24. The largest absolute Gasteiger partial charge is 0.495 e. The van der Waals surface area contributed by atoms with Crippen molar-refractivity contribution in [3.05, 3.63) is 75.1 Å². The molecule has 0 unspecified atom stereocenters. The third-order valence-electron chi connectivity index (χ3n) is 3.93. The summed E-state index contributed by atoms with van der Waals surface area (Å²) in [4.78, 5) is 9.96. The topological polar surface area (TPSA) is 95.8 Å². The molecule has 0 fully saturated rings. The van der Waals surface area contributed by atoms with Crippen molar-refractivity contribution in [3.8, 4) is 5.75 Å². The lowest BCUT2D eigenvalue weighted by Gasteiger charge is -2.12. The molecule has 0 aliphatic carbocycles. The first-order valence-corrected chi connectivity index (χ1v) is 11.1. The minimum absolute atomic E-state index is 0.320. The van der Waals surface area contributed by atoms with Crippen LogP contribution in [0.4, 0.5) is 23.3 Å². The van der Waals surface area contributed by atoms with Gasteiger partial charge in [0.15, 0.2) is 5.82 Å². The summed E-state index contributed by atoms with van der Waals surface area (Å²) >= 11 is 3.21. The smallest absolute Gasteiger partial charge is 0.247 e. The van der Waals surface area contributed by atoms with E-state index in [1.807, 2.05) is 58.6 Å². The van der Waals surface area contributed by atoms with Crippen LogP contribution in [-0.2, 0) is 0 Å². The first kappa shape index (κ1) is 20.5. The average molecular weight is 450 g/mol. The molecule has 0 spiro atoms. The van der Waals surface area contributed by atoms with Crippen LogP contribution in [0.5, 0.6) is 5.75 Å². The zero-order valence-electron chi connectivity index (χ0n) is 16.5. The number of para-hydroxylation sites is 2. The van der Waals surface area contributed by atoms with Crippen molar-refractivity contribution in [2.24, 2.45) is 10.2 Å². The van der Waals surface area contributed by atoms with Crippen molar-refractivity contribution in [3.63, 3.8) is 0 Å². The van der Waals surface area contributed by atoms with Gasteiger partial charge in [-0.3, -0.25) is 5.43 Å². The number of hydrogen-bond acceptors (Lipinski definition) is 10. The van der Waals surface area contributed by atoms with E-state index in [2.05, 4.69) is 36.3 Å². The molecule has 1 aromatic carbocycles. The van der Waals surface area contributed by atoms with E-state index in [1.54, 1.807) is 48.3 Å². The molecule has 3 aromatic heterocycles. The van der Waals surface area contributed by atoms with Gasteiger partial charge in [-0.1, -0.05) is 18.2 Å². The van der Waals surface area contributed by atoms with Crippen LogP contribution in [0.25, 0.3) is 0 Å². The summed E-state index contributed by atoms with van der Waals surface area (Å²) in [5, 5.41) is 17.7. The Labute approximate surface area is 187 Å². The van der Waals surface area contributed by atoms with Gasteiger partial charge in [-0.15, -0.1) is 11.3 Å². The number of nitrogens with one attached hydrogen (secondary N) is 3. The van der Waals surface area contributed by atoms with Crippen molar-refractivity contribution in [2.75, 3.05) is 23.3 Å². The number of aromatic nitrogens is 2. The summed E-state index contributed by atoms with van der Waals surface area (Å²) in [7, 11) is 1.62. The van der Waals surface area contributed by atoms with Gasteiger partial charge < -0.3 is 10.1 Å². The summed E-state index contributed by atoms with van der Waals surface area (Å²) in [6.45, 7) is 0. The van der Waals surface area contributed by atoms with E-state index >= 15 is 0 Å². The maximum Gasteiger partial charge on any atom is 0.247 e. The van der Waals surface area contributed by atoms with Crippen molar-refractivity contribution < 1.29 is 4.74 Å². The molecule has 0 saturated carbocycles. The van der Waals surface area contributed by atoms with E-state index in [-0.39, 0.29) is 0 Å². The third-order valence-corrected chi connectivity index (χ3v) is 5.44. The molecule has 156 valence electrons. The molecule has 0 saturated heterocycles. The maximum atomic E-state index is 5.41. The lowest BCUT2D eigenvalue weighted by molar-refractivity contribution is 0.417. The van der Waals surface area contributed by atoms with Crippen molar-refractivity contribution in [1.29, 1.82) is 0 Å². The van der Waals surface area contributed by atoms with Crippen LogP contribution in [0, 0.1) is 0 Å². The number of hydrogen-bond donors (Lipinski definition) is 3. The highest BCUT2D eigenvalue weighted by atomic mass is 32.1. The van der Waals surface area contributed by atoms with E-state index in [1.165, 1.54) is 0 Å². The van der Waals surface area contributed by atoms with Crippen LogP contribution in [0.15, 0.2) is 74.9 Å². The van der Waals surface area contributed by atoms with Gasteiger partial charge in [0.1, 0.15) is 11.6 Å². The number of rotatable bonds is 9. The highest BCUT2D eigenvalue weighted by molar-refractivity contribution is 7.11. The molecule has 10 heteroatoms. The Balaban J connectivity index is 1.56. The lowest BCUT2D eigenvalue weighted by Crippen LogP contribution is -2.04. The quantitative estimate of drug-likeness (QED) is 0.239. The standard InChI is InChI=1S/C21H19N7OS2/c1-29-18-7-3-2-6-17(18)24-19-11-20(27-23-13-16-5-4-9-31-16)26-21(25-19)28-22-12-15-8-10-30-14-15/h2-14H,1H3,(H3,24,25,26,27,28). The molecule has 0 bridgehead atoms. The van der Waals surface area contributed by atoms with Crippen molar-refractivity contribution >= 4 is 58.4 Å². The zero-order valence-corrected chi connectivity index (χ0v) is 18.2. The summed E-state index contributed by atoms with van der Waals surface area (Å²) < 4.78 is 5.41. The number of anilines is 4. The van der Waals surface area contributed by atoms with Crippen LogP contribution in [0.1, 0.15) is 10.4 Å². The molecule has 0 aliphatic rings. The summed E-state index contributed by atoms with van der Waals surface area (Å²) in [5.74, 6) is 2.09. The Morgan fingerprint density at radius 3 is 2.61 bits per heavy atom. The molecule has 3 heterocycles. The molecule has 0 amide bonds. The van der Waals surface area contributed by atoms with Gasteiger partial charge in [-0.05, 0) is 40.4 Å². The van der Waals surface area contributed by atoms with Crippen LogP contribution >= 0.6 is 22.7 Å². The Bertz CT molecular complexity index is 1090. The van der Waals surface area contributed by atoms with Gasteiger partial charge in [0.05, 0.1) is 25.2 Å². The molecule has 4 rings (SSSR count). The SMILES string of the molecule is COc1ccccc1Nc1cc(NN=Cc2cccs2)nc(NN=Cc2ccsc2)n1. The Hall–Kier alpha value is -3.76. The van der Waals surface area contributed by atoms with E-state index in [0.29, 0.717) is 23.3 Å². The number of benzene rings is 1. The van der Waals surface area contributed by atoms with Crippen molar-refractivity contribution in [2.45, 2.75) is 0 Å². The Morgan fingerprint density at radius 2 is 1.81 bits per heavy atom. The highest BCUT2D eigenvalue weighted by Crippen LogP contribution is 2.27. The maximum absolute atomic E-state index is 5.41. The van der Waals surface area contributed by atoms with Crippen LogP contribution in [0.3, 0.4) is 0 Å². The fourth-order valence-electron chi connectivity index (χ4n) is 2.54. The molecule has 3 N–H and O–H groups in total. The van der Waals surface area contributed by atoms with Gasteiger partial charge in [0.25, 0.3) is 0 Å². The normalized spacial score (nSPS) is 11.1. The van der Waals surface area contributed by atoms with Crippen molar-refractivity contribution in [1.82, 2.24) is 9.97 Å². The van der Waals surface area contributed by atoms with Gasteiger partial charge in [0.2, 0.25) is 5.95 Å². The van der Waals surface area contributed by atoms with Crippen LogP contribution in [0.2, 0.25) is 0 Å². The van der Waals surface area contributed by atoms with Gasteiger partial charge in [0, 0.05) is 16.5 Å². The molecular formula is C21H19N7OS2. The fourth-order valence-corrected chi connectivity index (χ4v) is 3.74. The lowest BCUT2D eigenvalue weighted by atomic mass is 10.3. The molecule has 8 nitrogen and oxygen atoms in total. The molecule has 0 radical (unpaired) electrons. The van der Waals surface area contributed by atoms with Gasteiger partial charge >= 0.3 is 0 Å². The van der Waals surface area contributed by atoms with E-state index in [4.69, 9.17) is 4.74 Å². The number of ether oxygens (including phenoxy) is 1. The van der Waals surface area contributed by atoms with E-state index < -0.39 is 0 Å². The van der Waals surface area contributed by atoms with E-state index in [0.717, 1.165) is 16.1 Å². The molecule has 31 heavy (non-hydrogen) atoms. The molecular weight excluding hydrogens is 430 g/mol. The Kier molecular flexibility index (Phi) is 6.83. The van der Waals surface area contributed by atoms with E-state index in [9.17, 15) is 0 Å². The first-order chi connectivity index (χ1) is 15.3. The minimum atomic E-state index is 0.320. The summed E-state index contributed by atoms with van der Waals surface area (Å²) in [5.41, 5.74) is 7.60. The second kappa shape index (κ2) is 10.3.